The molecule has 0 saturated heterocycles. The lowest BCUT2D eigenvalue weighted by Gasteiger charge is -1.98. The summed E-state index contributed by atoms with van der Waals surface area (Å²) >= 11 is 4.61. The minimum atomic E-state index is -0.321. The van der Waals surface area contributed by atoms with Crippen LogP contribution in [0.15, 0.2) is 34.3 Å². The summed E-state index contributed by atoms with van der Waals surface area (Å²) in [5.74, 6) is -0.321. The molecule has 3 aromatic heterocycles. The third kappa shape index (κ3) is 2.60. The Morgan fingerprint density at radius 2 is 2.21 bits per heavy atom. The fraction of sp³-hybridized carbons (Fsp3) is 0.0769. The van der Waals surface area contributed by atoms with E-state index in [1.807, 2.05) is 34.3 Å². The molecule has 6 heteroatoms. The van der Waals surface area contributed by atoms with Gasteiger partial charge in [0.2, 0.25) is 5.06 Å². The van der Waals surface area contributed by atoms with Gasteiger partial charge in [-0.05, 0) is 22.9 Å². The van der Waals surface area contributed by atoms with Crippen LogP contribution in [0.4, 0.5) is 0 Å². The number of nitrogens with zero attached hydrogens (tertiary/aromatic N) is 1. The normalized spacial score (nSPS) is 10.6. The van der Waals surface area contributed by atoms with Crippen LogP contribution in [0.1, 0.15) is 6.92 Å². The average molecular weight is 307 g/mol. The zero-order valence-electron chi connectivity index (χ0n) is 9.95. The van der Waals surface area contributed by atoms with E-state index >= 15 is 0 Å². The predicted molar refractivity (Wildman–Crippen MR) is 80.0 cm³/mol. The Hall–Kier alpha value is -1.50. The molecular formula is C13H9NO2S3. The fourth-order valence-corrected chi connectivity index (χ4v) is 4.04. The third-order valence-electron chi connectivity index (χ3n) is 2.36. The number of thiophene rings is 2. The highest BCUT2D eigenvalue weighted by atomic mass is 32.1. The fourth-order valence-electron chi connectivity index (χ4n) is 1.58. The third-order valence-corrected chi connectivity index (χ3v) is 4.90. The minimum absolute atomic E-state index is 0.321. The molecule has 0 radical (unpaired) electrons. The Labute approximate surface area is 122 Å². The minimum Gasteiger partial charge on any atom is -0.413 e. The SMILES string of the molecule is CC(=O)Oc1sc(-c2ccsc2)nc1-c1cccs1. The van der Waals surface area contributed by atoms with E-state index < -0.39 is 0 Å². The largest absolute Gasteiger partial charge is 0.413 e. The summed E-state index contributed by atoms with van der Waals surface area (Å²) in [5, 5.41) is 7.47. The molecule has 3 rings (SSSR count). The van der Waals surface area contributed by atoms with Gasteiger partial charge in [-0.25, -0.2) is 4.98 Å². The second-order valence-corrected chi connectivity index (χ2v) is 6.43. The van der Waals surface area contributed by atoms with Crippen molar-refractivity contribution in [3.05, 3.63) is 34.3 Å². The van der Waals surface area contributed by atoms with E-state index in [0.717, 1.165) is 21.1 Å². The Bertz CT molecular complexity index is 684. The summed E-state index contributed by atoms with van der Waals surface area (Å²) in [6.45, 7) is 1.40. The van der Waals surface area contributed by atoms with Gasteiger partial charge in [0.25, 0.3) is 0 Å². The molecule has 0 aromatic carbocycles. The lowest BCUT2D eigenvalue weighted by molar-refractivity contribution is -0.131. The first-order chi connectivity index (χ1) is 9.24. The molecule has 96 valence electrons. The number of carbonyl (C=O) groups is 1. The molecule has 19 heavy (non-hydrogen) atoms. The summed E-state index contributed by atoms with van der Waals surface area (Å²) < 4.78 is 5.28. The van der Waals surface area contributed by atoms with Gasteiger partial charge in [-0.1, -0.05) is 17.4 Å². The van der Waals surface area contributed by atoms with Crippen molar-refractivity contribution in [3.63, 3.8) is 0 Å². The van der Waals surface area contributed by atoms with E-state index in [-0.39, 0.29) is 5.97 Å². The lowest BCUT2D eigenvalue weighted by Crippen LogP contribution is -2.00. The molecule has 0 spiro atoms. The Morgan fingerprint density at radius 1 is 1.32 bits per heavy atom. The van der Waals surface area contributed by atoms with Gasteiger partial charge < -0.3 is 4.74 Å². The van der Waals surface area contributed by atoms with E-state index in [1.165, 1.54) is 18.3 Å². The van der Waals surface area contributed by atoms with Crippen molar-refractivity contribution in [1.82, 2.24) is 4.98 Å². The van der Waals surface area contributed by atoms with Crippen molar-refractivity contribution < 1.29 is 9.53 Å². The molecule has 0 aliphatic carbocycles. The van der Waals surface area contributed by atoms with Crippen LogP contribution in [0.5, 0.6) is 5.06 Å². The van der Waals surface area contributed by atoms with Gasteiger partial charge in [-0.2, -0.15) is 11.3 Å². The maximum atomic E-state index is 11.2. The van der Waals surface area contributed by atoms with E-state index in [4.69, 9.17) is 4.74 Å². The van der Waals surface area contributed by atoms with Gasteiger partial charge in [0.15, 0.2) is 0 Å². The van der Waals surface area contributed by atoms with E-state index in [9.17, 15) is 4.79 Å². The molecule has 0 saturated carbocycles. The highest BCUT2D eigenvalue weighted by molar-refractivity contribution is 7.19. The van der Waals surface area contributed by atoms with E-state index in [0.29, 0.717) is 5.06 Å². The summed E-state index contributed by atoms with van der Waals surface area (Å²) in [6, 6.07) is 5.95. The molecule has 0 aliphatic heterocycles. The number of hydrogen-bond donors (Lipinski definition) is 0. The highest BCUT2D eigenvalue weighted by Gasteiger charge is 2.18. The number of carbonyl (C=O) groups excluding carboxylic acids is 1. The smallest absolute Gasteiger partial charge is 0.308 e. The maximum Gasteiger partial charge on any atom is 0.308 e. The monoisotopic (exact) mass is 307 g/mol. The predicted octanol–water partition coefficient (Wildman–Crippen LogP) is 4.53. The number of thiazole rings is 1. The van der Waals surface area contributed by atoms with Gasteiger partial charge in [-0.3, -0.25) is 4.79 Å². The number of aromatic nitrogens is 1. The molecule has 3 heterocycles. The van der Waals surface area contributed by atoms with Crippen molar-refractivity contribution in [3.8, 4) is 26.2 Å². The zero-order valence-corrected chi connectivity index (χ0v) is 12.4. The zero-order chi connectivity index (χ0) is 13.2. The number of hydrogen-bond acceptors (Lipinski definition) is 6. The average Bonchev–Trinajstić information content (AvgIpc) is 3.09. The van der Waals surface area contributed by atoms with Crippen LogP contribution >= 0.6 is 34.0 Å². The van der Waals surface area contributed by atoms with Gasteiger partial charge in [0, 0.05) is 17.9 Å². The second kappa shape index (κ2) is 5.24. The van der Waals surface area contributed by atoms with Crippen LogP contribution in [0.2, 0.25) is 0 Å². The van der Waals surface area contributed by atoms with Gasteiger partial charge in [0.1, 0.15) is 10.7 Å². The highest BCUT2D eigenvalue weighted by Crippen LogP contribution is 2.41. The first-order valence-electron chi connectivity index (χ1n) is 5.50. The van der Waals surface area contributed by atoms with E-state index in [2.05, 4.69) is 4.98 Å². The first-order valence-corrected chi connectivity index (χ1v) is 8.13. The van der Waals surface area contributed by atoms with Crippen molar-refractivity contribution >= 4 is 40.0 Å². The van der Waals surface area contributed by atoms with Crippen LogP contribution < -0.4 is 4.74 Å². The summed E-state index contributed by atoms with van der Waals surface area (Å²) in [4.78, 5) is 16.8. The second-order valence-electron chi connectivity index (χ2n) is 3.74. The standard InChI is InChI=1S/C13H9NO2S3/c1-8(15)16-13-11(10-3-2-5-18-10)14-12(19-13)9-4-6-17-7-9/h2-7H,1H3. The molecule has 0 N–H and O–H groups in total. The molecule has 0 bridgehead atoms. The van der Waals surface area contributed by atoms with Crippen molar-refractivity contribution in [1.29, 1.82) is 0 Å². The molecule has 3 aromatic rings. The molecule has 0 amide bonds. The Kier molecular flexibility index (Phi) is 3.46. The van der Waals surface area contributed by atoms with Crippen LogP contribution in [0.3, 0.4) is 0 Å². The molecule has 0 fully saturated rings. The molecular weight excluding hydrogens is 298 g/mol. The maximum absolute atomic E-state index is 11.2. The summed E-state index contributed by atoms with van der Waals surface area (Å²) in [6.07, 6.45) is 0. The first kappa shape index (κ1) is 12.5. The van der Waals surface area contributed by atoms with Crippen LogP contribution in [0.25, 0.3) is 21.1 Å². The van der Waals surface area contributed by atoms with Crippen LogP contribution in [-0.4, -0.2) is 11.0 Å². The van der Waals surface area contributed by atoms with Gasteiger partial charge >= 0.3 is 5.97 Å². The van der Waals surface area contributed by atoms with Crippen LogP contribution in [0, 0.1) is 0 Å². The molecule has 0 unspecified atom stereocenters. The molecule has 0 atom stereocenters. The van der Waals surface area contributed by atoms with Gasteiger partial charge in [-0.15, -0.1) is 11.3 Å². The summed E-state index contributed by atoms with van der Waals surface area (Å²) in [7, 11) is 0. The lowest BCUT2D eigenvalue weighted by atomic mass is 10.3. The van der Waals surface area contributed by atoms with Crippen molar-refractivity contribution in [2.75, 3.05) is 0 Å². The van der Waals surface area contributed by atoms with Crippen LogP contribution in [-0.2, 0) is 4.79 Å². The quantitative estimate of drug-likeness (QED) is 0.668. The van der Waals surface area contributed by atoms with E-state index in [1.54, 1.807) is 22.7 Å². The van der Waals surface area contributed by atoms with Crippen molar-refractivity contribution in [2.24, 2.45) is 0 Å². The number of rotatable bonds is 3. The Morgan fingerprint density at radius 3 is 2.84 bits per heavy atom. The topological polar surface area (TPSA) is 39.2 Å². The number of ether oxygens (including phenoxy) is 1. The molecule has 0 aliphatic rings. The number of esters is 1. The van der Waals surface area contributed by atoms with Gasteiger partial charge in [0.05, 0.1) is 4.88 Å². The Balaban J connectivity index is 2.08. The summed E-state index contributed by atoms with van der Waals surface area (Å²) in [5.41, 5.74) is 1.81. The molecule has 3 nitrogen and oxygen atoms in total. The van der Waals surface area contributed by atoms with Crippen molar-refractivity contribution in [2.45, 2.75) is 6.92 Å².